The van der Waals surface area contributed by atoms with Crippen LogP contribution in [0.2, 0.25) is 0 Å². The zero-order chi connectivity index (χ0) is 15.2. The van der Waals surface area contributed by atoms with Gasteiger partial charge in [0, 0.05) is 13.0 Å². The van der Waals surface area contributed by atoms with Crippen LogP contribution in [0.4, 0.5) is 0 Å². The number of carbonyl (C=O) groups is 2. The zero-order valence-electron chi connectivity index (χ0n) is 12.1. The molecular weight excluding hydrogens is 260 g/mol. The number of rotatable bonds is 7. The minimum atomic E-state index is -0.787. The monoisotopic (exact) mass is 282 g/mol. The Kier molecular flexibility index (Phi) is 5.66. The molecule has 7 heteroatoms. The van der Waals surface area contributed by atoms with Gasteiger partial charge >= 0.3 is 5.97 Å². The van der Waals surface area contributed by atoms with Crippen molar-refractivity contribution in [3.05, 3.63) is 12.2 Å². The maximum absolute atomic E-state index is 11.7. The van der Waals surface area contributed by atoms with Crippen LogP contribution >= 0.6 is 0 Å². The standard InChI is InChI=1S/C13H22N4O3/c1-13(2,3)9(4-5-10(18)19)6-7-14-12(20)11-15-8-16-17-11/h8-9H,4-7H2,1-3H3,(H,14,20)(H,18,19)(H,15,16,17). The van der Waals surface area contributed by atoms with Gasteiger partial charge in [0.1, 0.15) is 6.33 Å². The van der Waals surface area contributed by atoms with Crippen molar-refractivity contribution in [3.8, 4) is 0 Å². The first kappa shape index (κ1) is 16.1. The lowest BCUT2D eigenvalue weighted by molar-refractivity contribution is -0.137. The number of aromatic nitrogens is 3. The van der Waals surface area contributed by atoms with Gasteiger partial charge in [0.25, 0.3) is 5.91 Å². The van der Waals surface area contributed by atoms with Gasteiger partial charge in [-0.15, -0.1) is 0 Å². The Morgan fingerprint density at radius 3 is 2.60 bits per heavy atom. The average molecular weight is 282 g/mol. The van der Waals surface area contributed by atoms with Crippen LogP contribution in [0.1, 0.15) is 50.7 Å². The smallest absolute Gasteiger partial charge is 0.303 e. The molecule has 1 aromatic rings. The van der Waals surface area contributed by atoms with E-state index in [1.54, 1.807) is 0 Å². The lowest BCUT2D eigenvalue weighted by Crippen LogP contribution is -2.30. The molecule has 112 valence electrons. The number of amides is 1. The number of carbonyl (C=O) groups excluding carboxylic acids is 1. The first-order valence-corrected chi connectivity index (χ1v) is 6.66. The quantitative estimate of drug-likeness (QED) is 0.701. The Labute approximate surface area is 118 Å². The molecule has 0 radical (unpaired) electrons. The van der Waals surface area contributed by atoms with Crippen LogP contribution in [0.25, 0.3) is 0 Å². The fraction of sp³-hybridized carbons (Fsp3) is 0.692. The number of aliphatic carboxylic acids is 1. The highest BCUT2D eigenvalue weighted by atomic mass is 16.4. The molecule has 0 fully saturated rings. The molecule has 0 aliphatic carbocycles. The molecule has 20 heavy (non-hydrogen) atoms. The molecule has 0 aromatic carbocycles. The van der Waals surface area contributed by atoms with E-state index in [9.17, 15) is 9.59 Å². The highest BCUT2D eigenvalue weighted by molar-refractivity contribution is 5.90. The summed E-state index contributed by atoms with van der Waals surface area (Å²) in [5, 5.41) is 17.6. The highest BCUT2D eigenvalue weighted by Crippen LogP contribution is 2.32. The summed E-state index contributed by atoms with van der Waals surface area (Å²) >= 11 is 0. The van der Waals surface area contributed by atoms with Gasteiger partial charge in [-0.2, -0.15) is 5.10 Å². The molecule has 1 aromatic heterocycles. The number of H-pyrrole nitrogens is 1. The number of hydrogen-bond donors (Lipinski definition) is 3. The van der Waals surface area contributed by atoms with E-state index in [4.69, 9.17) is 5.11 Å². The molecule has 0 spiro atoms. The fourth-order valence-electron chi connectivity index (χ4n) is 2.07. The van der Waals surface area contributed by atoms with Crippen molar-refractivity contribution in [1.82, 2.24) is 20.5 Å². The molecule has 1 amide bonds. The predicted octanol–water partition coefficient (Wildman–Crippen LogP) is 1.45. The van der Waals surface area contributed by atoms with Gasteiger partial charge in [-0.1, -0.05) is 20.8 Å². The van der Waals surface area contributed by atoms with Gasteiger partial charge in [0.05, 0.1) is 0 Å². The average Bonchev–Trinajstić information content (AvgIpc) is 2.84. The third kappa shape index (κ3) is 5.38. The van der Waals surface area contributed by atoms with Crippen LogP contribution in [0.3, 0.4) is 0 Å². The third-order valence-corrected chi connectivity index (χ3v) is 3.34. The predicted molar refractivity (Wildman–Crippen MR) is 73.1 cm³/mol. The topological polar surface area (TPSA) is 108 Å². The van der Waals surface area contributed by atoms with Crippen molar-refractivity contribution in [2.45, 2.75) is 40.0 Å². The molecule has 0 saturated carbocycles. The summed E-state index contributed by atoms with van der Waals surface area (Å²) < 4.78 is 0. The molecule has 0 bridgehead atoms. The molecule has 0 aliphatic rings. The minimum Gasteiger partial charge on any atom is -0.481 e. The second-order valence-corrected chi connectivity index (χ2v) is 5.87. The lowest BCUT2D eigenvalue weighted by Gasteiger charge is -2.30. The second kappa shape index (κ2) is 7.02. The molecule has 1 atom stereocenters. The van der Waals surface area contributed by atoms with Crippen LogP contribution < -0.4 is 5.32 Å². The van der Waals surface area contributed by atoms with E-state index in [2.05, 4.69) is 41.3 Å². The van der Waals surface area contributed by atoms with Crippen LogP contribution in [0.5, 0.6) is 0 Å². The van der Waals surface area contributed by atoms with Crippen LogP contribution in [-0.4, -0.2) is 38.7 Å². The van der Waals surface area contributed by atoms with Crippen LogP contribution in [-0.2, 0) is 4.79 Å². The number of nitrogens with zero attached hydrogens (tertiary/aromatic N) is 2. The SMILES string of the molecule is CC(C)(C)C(CCNC(=O)c1ncn[nH]1)CCC(=O)O. The van der Waals surface area contributed by atoms with E-state index >= 15 is 0 Å². The first-order chi connectivity index (χ1) is 9.30. The minimum absolute atomic E-state index is 0.00636. The van der Waals surface area contributed by atoms with E-state index < -0.39 is 5.97 Å². The molecule has 3 N–H and O–H groups in total. The number of carboxylic acid groups (broad SMARTS) is 1. The van der Waals surface area contributed by atoms with Gasteiger partial charge in [-0.25, -0.2) is 4.98 Å². The van der Waals surface area contributed by atoms with E-state index in [-0.39, 0.29) is 29.5 Å². The van der Waals surface area contributed by atoms with Gasteiger partial charge in [0.15, 0.2) is 0 Å². The molecule has 0 aliphatic heterocycles. The Morgan fingerprint density at radius 2 is 2.10 bits per heavy atom. The van der Waals surface area contributed by atoms with E-state index in [0.717, 1.165) is 6.42 Å². The van der Waals surface area contributed by atoms with Crippen LogP contribution in [0, 0.1) is 11.3 Å². The van der Waals surface area contributed by atoms with Crippen molar-refractivity contribution < 1.29 is 14.7 Å². The summed E-state index contributed by atoms with van der Waals surface area (Å²) in [4.78, 5) is 26.1. The lowest BCUT2D eigenvalue weighted by atomic mass is 9.76. The summed E-state index contributed by atoms with van der Waals surface area (Å²) in [6.07, 6.45) is 2.77. The number of aromatic amines is 1. The Hall–Kier alpha value is -1.92. The summed E-state index contributed by atoms with van der Waals surface area (Å²) in [6, 6.07) is 0. The van der Waals surface area contributed by atoms with E-state index in [1.807, 2.05) is 0 Å². The number of hydrogen-bond acceptors (Lipinski definition) is 4. The van der Waals surface area contributed by atoms with Crippen molar-refractivity contribution in [2.24, 2.45) is 11.3 Å². The van der Waals surface area contributed by atoms with Gasteiger partial charge in [-0.05, 0) is 24.2 Å². The van der Waals surface area contributed by atoms with Gasteiger partial charge in [0.2, 0.25) is 5.82 Å². The van der Waals surface area contributed by atoms with Gasteiger partial charge in [-0.3, -0.25) is 14.7 Å². The maximum Gasteiger partial charge on any atom is 0.303 e. The molecule has 1 rings (SSSR count). The molecular formula is C13H22N4O3. The number of carboxylic acids is 1. The Balaban J connectivity index is 2.42. The van der Waals surface area contributed by atoms with Crippen molar-refractivity contribution in [1.29, 1.82) is 0 Å². The van der Waals surface area contributed by atoms with Crippen molar-refractivity contribution in [3.63, 3.8) is 0 Å². The number of nitrogens with one attached hydrogen (secondary N) is 2. The summed E-state index contributed by atoms with van der Waals surface area (Å²) in [5.41, 5.74) is 0.00636. The van der Waals surface area contributed by atoms with Crippen LogP contribution in [0.15, 0.2) is 6.33 Å². The van der Waals surface area contributed by atoms with E-state index in [1.165, 1.54) is 6.33 Å². The van der Waals surface area contributed by atoms with Crippen molar-refractivity contribution >= 4 is 11.9 Å². The largest absolute Gasteiger partial charge is 0.481 e. The zero-order valence-corrected chi connectivity index (χ0v) is 12.1. The second-order valence-electron chi connectivity index (χ2n) is 5.87. The summed E-state index contributed by atoms with van der Waals surface area (Å²) in [6.45, 7) is 6.73. The molecule has 1 heterocycles. The van der Waals surface area contributed by atoms with Gasteiger partial charge < -0.3 is 10.4 Å². The maximum atomic E-state index is 11.7. The molecule has 7 nitrogen and oxygen atoms in total. The fourth-order valence-corrected chi connectivity index (χ4v) is 2.07. The molecule has 1 unspecified atom stereocenters. The molecule has 0 saturated heterocycles. The highest BCUT2D eigenvalue weighted by Gasteiger charge is 2.25. The summed E-state index contributed by atoms with van der Waals surface area (Å²) in [7, 11) is 0. The van der Waals surface area contributed by atoms with Crippen molar-refractivity contribution in [2.75, 3.05) is 6.54 Å². The Morgan fingerprint density at radius 1 is 1.40 bits per heavy atom. The Bertz CT molecular complexity index is 437. The third-order valence-electron chi connectivity index (χ3n) is 3.34. The van der Waals surface area contributed by atoms with E-state index in [0.29, 0.717) is 13.0 Å². The summed E-state index contributed by atoms with van der Waals surface area (Å²) in [5.74, 6) is -0.671. The normalized spacial score (nSPS) is 12.9. The first-order valence-electron chi connectivity index (χ1n) is 6.66.